The van der Waals surface area contributed by atoms with E-state index in [1.165, 1.54) is 32.1 Å². The van der Waals surface area contributed by atoms with Crippen LogP contribution in [0, 0.1) is 5.41 Å². The van der Waals surface area contributed by atoms with Crippen LogP contribution < -0.4 is 11.3 Å². The third-order valence-corrected chi connectivity index (χ3v) is 4.18. The van der Waals surface area contributed by atoms with Gasteiger partial charge in [-0.15, -0.1) is 0 Å². The maximum atomic E-state index is 5.84. The second-order valence-electron chi connectivity index (χ2n) is 6.52. The smallest absolute Gasteiger partial charge is 0.0442 e. The Balaban J connectivity index is 2.98. The van der Waals surface area contributed by atoms with E-state index in [-0.39, 0.29) is 11.0 Å². The van der Waals surface area contributed by atoms with Gasteiger partial charge in [-0.25, -0.2) is 0 Å². The van der Waals surface area contributed by atoms with E-state index in [1.54, 1.807) is 0 Å². The lowest BCUT2D eigenvalue weighted by Crippen LogP contribution is -2.65. The van der Waals surface area contributed by atoms with E-state index in [9.17, 15) is 0 Å². The molecule has 0 spiro atoms. The number of hydrogen-bond donors (Lipinski definition) is 2. The third-order valence-electron chi connectivity index (χ3n) is 4.18. The summed E-state index contributed by atoms with van der Waals surface area (Å²) in [5.41, 5.74) is 3.51. The van der Waals surface area contributed by atoms with E-state index < -0.39 is 0 Å². The quantitative estimate of drug-likeness (QED) is 0.573. The Hall–Kier alpha value is -0.120. The van der Waals surface area contributed by atoms with Gasteiger partial charge in [0.1, 0.15) is 0 Å². The van der Waals surface area contributed by atoms with Crippen LogP contribution in [0.3, 0.4) is 0 Å². The average Bonchev–Trinajstić information content (AvgIpc) is 2.17. The van der Waals surface area contributed by atoms with E-state index in [2.05, 4.69) is 45.2 Å². The Bertz CT molecular complexity index is 212. The summed E-state index contributed by atoms with van der Waals surface area (Å²) >= 11 is 0. The maximum absolute atomic E-state index is 5.84. The maximum Gasteiger partial charge on any atom is 0.0442 e. The number of rotatable bonds is 3. The van der Waals surface area contributed by atoms with Gasteiger partial charge in [0.2, 0.25) is 0 Å². The standard InChI is InChI=1S/C13H29N3/c1-12(2,3)11(15-14)13(16(4)5)9-7-6-8-10-13/h11,15H,6-10,14H2,1-5H3. The van der Waals surface area contributed by atoms with Gasteiger partial charge in [0.25, 0.3) is 0 Å². The highest BCUT2D eigenvalue weighted by Crippen LogP contribution is 2.40. The highest BCUT2D eigenvalue weighted by molar-refractivity contribution is 5.04. The molecule has 3 nitrogen and oxygen atoms in total. The van der Waals surface area contributed by atoms with Gasteiger partial charge in [-0.3, -0.25) is 11.3 Å². The second-order valence-corrected chi connectivity index (χ2v) is 6.52. The molecule has 0 aromatic carbocycles. The van der Waals surface area contributed by atoms with Crippen molar-refractivity contribution in [3.05, 3.63) is 0 Å². The fourth-order valence-electron chi connectivity index (χ4n) is 3.37. The zero-order valence-electron chi connectivity index (χ0n) is 11.6. The number of hydrogen-bond acceptors (Lipinski definition) is 3. The topological polar surface area (TPSA) is 41.3 Å². The molecule has 1 saturated carbocycles. The highest BCUT2D eigenvalue weighted by atomic mass is 15.3. The molecule has 1 rings (SSSR count). The van der Waals surface area contributed by atoms with Gasteiger partial charge in [0, 0.05) is 11.6 Å². The lowest BCUT2D eigenvalue weighted by Gasteiger charge is -2.52. The zero-order valence-corrected chi connectivity index (χ0v) is 11.6. The first-order chi connectivity index (χ1) is 7.34. The van der Waals surface area contributed by atoms with Crippen molar-refractivity contribution >= 4 is 0 Å². The summed E-state index contributed by atoms with van der Waals surface area (Å²) < 4.78 is 0. The molecular formula is C13H29N3. The van der Waals surface area contributed by atoms with Crippen LogP contribution in [-0.4, -0.2) is 30.6 Å². The van der Waals surface area contributed by atoms with Gasteiger partial charge in [-0.05, 0) is 32.4 Å². The van der Waals surface area contributed by atoms with Crippen LogP contribution >= 0.6 is 0 Å². The van der Waals surface area contributed by atoms with Crippen molar-refractivity contribution in [2.75, 3.05) is 14.1 Å². The van der Waals surface area contributed by atoms with Crippen molar-refractivity contribution in [3.63, 3.8) is 0 Å². The second kappa shape index (κ2) is 5.03. The van der Waals surface area contributed by atoms with Crippen molar-refractivity contribution in [2.24, 2.45) is 11.3 Å². The highest BCUT2D eigenvalue weighted by Gasteiger charge is 2.46. The molecule has 16 heavy (non-hydrogen) atoms. The number of nitrogens with two attached hydrogens (primary N) is 1. The Kier molecular flexibility index (Phi) is 4.38. The third kappa shape index (κ3) is 2.58. The number of nitrogens with one attached hydrogen (secondary N) is 1. The molecule has 3 N–H and O–H groups in total. The summed E-state index contributed by atoms with van der Waals surface area (Å²) in [5, 5.41) is 0. The fourth-order valence-corrected chi connectivity index (χ4v) is 3.37. The number of nitrogens with zero attached hydrogens (tertiary/aromatic N) is 1. The average molecular weight is 227 g/mol. The molecule has 1 atom stereocenters. The van der Waals surface area contributed by atoms with Crippen LogP contribution in [0.5, 0.6) is 0 Å². The lowest BCUT2D eigenvalue weighted by molar-refractivity contribution is 0.0120. The van der Waals surface area contributed by atoms with Crippen LogP contribution in [0.4, 0.5) is 0 Å². The van der Waals surface area contributed by atoms with Gasteiger partial charge in [0.15, 0.2) is 0 Å². The normalized spacial score (nSPS) is 23.4. The van der Waals surface area contributed by atoms with Gasteiger partial charge in [-0.2, -0.15) is 0 Å². The lowest BCUT2D eigenvalue weighted by atomic mass is 9.67. The minimum atomic E-state index is 0.191. The van der Waals surface area contributed by atoms with Crippen molar-refractivity contribution in [2.45, 2.75) is 64.5 Å². The first kappa shape index (κ1) is 13.9. The molecule has 0 radical (unpaired) electrons. The van der Waals surface area contributed by atoms with Crippen LogP contribution in [0.25, 0.3) is 0 Å². The summed E-state index contributed by atoms with van der Waals surface area (Å²) in [5.74, 6) is 5.84. The minimum absolute atomic E-state index is 0.191. The molecule has 0 saturated heterocycles. The molecule has 0 heterocycles. The molecule has 3 heteroatoms. The molecular weight excluding hydrogens is 198 g/mol. The zero-order chi connectivity index (χ0) is 12.4. The Morgan fingerprint density at radius 3 is 1.94 bits per heavy atom. The van der Waals surface area contributed by atoms with Crippen LogP contribution in [0.15, 0.2) is 0 Å². The summed E-state index contributed by atoms with van der Waals surface area (Å²) in [4.78, 5) is 2.39. The van der Waals surface area contributed by atoms with Gasteiger partial charge in [0.05, 0.1) is 0 Å². The molecule has 0 aromatic rings. The van der Waals surface area contributed by atoms with Crippen LogP contribution in [0.1, 0.15) is 52.9 Å². The molecule has 0 aliphatic heterocycles. The summed E-state index contributed by atoms with van der Waals surface area (Å²) in [6.45, 7) is 6.83. The van der Waals surface area contributed by atoms with Crippen molar-refractivity contribution < 1.29 is 0 Å². The summed E-state index contributed by atoms with van der Waals surface area (Å²) in [6, 6.07) is 0.343. The SMILES string of the molecule is CN(C)C1(C(NN)C(C)(C)C)CCCCC1. The first-order valence-electron chi connectivity index (χ1n) is 6.48. The minimum Gasteiger partial charge on any atom is -0.302 e. The molecule has 0 bridgehead atoms. The van der Waals surface area contributed by atoms with Gasteiger partial charge < -0.3 is 4.90 Å². The van der Waals surface area contributed by atoms with Crippen LogP contribution in [0.2, 0.25) is 0 Å². The first-order valence-corrected chi connectivity index (χ1v) is 6.48. The molecule has 1 unspecified atom stereocenters. The summed E-state index contributed by atoms with van der Waals surface area (Å²) in [7, 11) is 4.39. The van der Waals surface area contributed by atoms with Crippen LogP contribution in [-0.2, 0) is 0 Å². The molecule has 0 aromatic heterocycles. The van der Waals surface area contributed by atoms with Crippen molar-refractivity contribution in [1.82, 2.24) is 10.3 Å². The Labute approximate surface area is 101 Å². The molecule has 1 fully saturated rings. The van der Waals surface area contributed by atoms with E-state index >= 15 is 0 Å². The molecule has 1 aliphatic carbocycles. The van der Waals surface area contributed by atoms with E-state index in [0.717, 1.165) is 0 Å². The number of likely N-dealkylation sites (N-methyl/N-ethyl adjacent to an activating group) is 1. The van der Waals surface area contributed by atoms with Crippen molar-refractivity contribution in [1.29, 1.82) is 0 Å². The fraction of sp³-hybridized carbons (Fsp3) is 1.00. The number of hydrazine groups is 1. The van der Waals surface area contributed by atoms with E-state index in [1.807, 2.05) is 0 Å². The predicted octanol–water partition coefficient (Wildman–Crippen LogP) is 2.13. The largest absolute Gasteiger partial charge is 0.302 e. The predicted molar refractivity (Wildman–Crippen MR) is 70.1 cm³/mol. The Morgan fingerprint density at radius 2 is 1.62 bits per heavy atom. The van der Waals surface area contributed by atoms with Crippen molar-refractivity contribution in [3.8, 4) is 0 Å². The van der Waals surface area contributed by atoms with Gasteiger partial charge >= 0.3 is 0 Å². The monoisotopic (exact) mass is 227 g/mol. The summed E-state index contributed by atoms with van der Waals surface area (Å²) in [6.07, 6.45) is 6.54. The van der Waals surface area contributed by atoms with E-state index in [4.69, 9.17) is 5.84 Å². The van der Waals surface area contributed by atoms with Gasteiger partial charge in [-0.1, -0.05) is 40.0 Å². The molecule has 0 amide bonds. The molecule has 96 valence electrons. The molecule has 1 aliphatic rings. The van der Waals surface area contributed by atoms with E-state index in [0.29, 0.717) is 6.04 Å². The Morgan fingerprint density at radius 1 is 1.12 bits per heavy atom.